The summed E-state index contributed by atoms with van der Waals surface area (Å²) in [6, 6.07) is 14.7. The summed E-state index contributed by atoms with van der Waals surface area (Å²) in [6.45, 7) is 2.72. The van der Waals surface area contributed by atoms with E-state index in [-0.39, 0.29) is 5.91 Å². The predicted molar refractivity (Wildman–Crippen MR) is 104 cm³/mol. The number of anilines is 1. The molecule has 5 nitrogen and oxygen atoms in total. The zero-order chi connectivity index (χ0) is 18.4. The second-order valence-electron chi connectivity index (χ2n) is 5.59. The van der Waals surface area contributed by atoms with E-state index in [4.69, 9.17) is 9.47 Å². The number of nitrogens with zero attached hydrogens (tertiary/aromatic N) is 1. The van der Waals surface area contributed by atoms with Crippen LogP contribution in [0.4, 0.5) is 5.13 Å². The number of hydrogen-bond donors (Lipinski definition) is 1. The summed E-state index contributed by atoms with van der Waals surface area (Å²) in [7, 11) is 1.63. The van der Waals surface area contributed by atoms with Crippen LogP contribution in [-0.4, -0.2) is 24.6 Å². The lowest BCUT2D eigenvalue weighted by molar-refractivity contribution is 0.102. The van der Waals surface area contributed by atoms with E-state index in [1.807, 2.05) is 29.6 Å². The molecule has 1 heterocycles. The molecule has 26 heavy (non-hydrogen) atoms. The van der Waals surface area contributed by atoms with Gasteiger partial charge in [0.2, 0.25) is 0 Å². The molecule has 3 rings (SSSR count). The van der Waals surface area contributed by atoms with Crippen LogP contribution in [0.15, 0.2) is 53.9 Å². The van der Waals surface area contributed by atoms with Gasteiger partial charge in [0.15, 0.2) is 5.13 Å². The number of benzene rings is 2. The molecule has 0 saturated heterocycles. The van der Waals surface area contributed by atoms with Crippen molar-refractivity contribution >= 4 is 22.4 Å². The Labute approximate surface area is 156 Å². The van der Waals surface area contributed by atoms with Gasteiger partial charge in [-0.05, 0) is 55.0 Å². The Hall–Kier alpha value is -2.86. The quantitative estimate of drug-likeness (QED) is 0.647. The third-order valence-corrected chi connectivity index (χ3v) is 4.46. The monoisotopic (exact) mass is 368 g/mol. The molecular weight excluding hydrogens is 348 g/mol. The largest absolute Gasteiger partial charge is 0.497 e. The lowest BCUT2D eigenvalue weighted by atomic mass is 10.2. The molecule has 0 aliphatic rings. The van der Waals surface area contributed by atoms with Crippen molar-refractivity contribution in [3.63, 3.8) is 0 Å². The second-order valence-corrected chi connectivity index (χ2v) is 6.45. The number of carbonyl (C=O) groups excluding carboxylic acids is 1. The number of carbonyl (C=O) groups is 1. The molecule has 0 aliphatic carbocycles. The first-order valence-electron chi connectivity index (χ1n) is 8.33. The van der Waals surface area contributed by atoms with Crippen LogP contribution in [0.3, 0.4) is 0 Å². The number of amides is 1. The lowest BCUT2D eigenvalue weighted by Gasteiger charge is -2.06. The minimum Gasteiger partial charge on any atom is -0.497 e. The number of aromatic nitrogens is 1. The maximum atomic E-state index is 12.4. The second kappa shape index (κ2) is 8.49. The molecule has 0 atom stereocenters. The van der Waals surface area contributed by atoms with Crippen molar-refractivity contribution in [2.45, 2.75) is 13.3 Å². The number of methoxy groups -OCH3 is 1. The summed E-state index contributed by atoms with van der Waals surface area (Å²) < 4.78 is 10.7. The van der Waals surface area contributed by atoms with Crippen LogP contribution in [0.25, 0.3) is 11.3 Å². The number of rotatable bonds is 7. The van der Waals surface area contributed by atoms with E-state index < -0.39 is 0 Å². The molecule has 1 N–H and O–H groups in total. The Bertz CT molecular complexity index is 858. The van der Waals surface area contributed by atoms with Gasteiger partial charge in [-0.1, -0.05) is 6.92 Å². The van der Waals surface area contributed by atoms with Gasteiger partial charge in [-0.3, -0.25) is 10.1 Å². The third-order valence-electron chi connectivity index (χ3n) is 3.70. The van der Waals surface area contributed by atoms with Crippen LogP contribution >= 0.6 is 11.3 Å². The maximum absolute atomic E-state index is 12.4. The van der Waals surface area contributed by atoms with Crippen LogP contribution < -0.4 is 14.8 Å². The van der Waals surface area contributed by atoms with Gasteiger partial charge in [-0.15, -0.1) is 11.3 Å². The average Bonchev–Trinajstić information content (AvgIpc) is 3.15. The van der Waals surface area contributed by atoms with E-state index in [2.05, 4.69) is 17.2 Å². The molecule has 0 saturated carbocycles. The van der Waals surface area contributed by atoms with Gasteiger partial charge < -0.3 is 9.47 Å². The SMILES string of the molecule is CCCOc1ccc(C(=O)Nc2nc(-c3ccc(OC)cc3)cs2)cc1. The van der Waals surface area contributed by atoms with Crippen LogP contribution in [-0.2, 0) is 0 Å². The summed E-state index contributed by atoms with van der Waals surface area (Å²) in [5, 5.41) is 5.31. The van der Waals surface area contributed by atoms with E-state index in [1.165, 1.54) is 11.3 Å². The number of hydrogen-bond acceptors (Lipinski definition) is 5. The third kappa shape index (κ3) is 4.40. The average molecular weight is 368 g/mol. The van der Waals surface area contributed by atoms with Gasteiger partial charge >= 0.3 is 0 Å². The smallest absolute Gasteiger partial charge is 0.257 e. The molecule has 2 aromatic carbocycles. The van der Waals surface area contributed by atoms with Crippen molar-refractivity contribution in [2.24, 2.45) is 0 Å². The van der Waals surface area contributed by atoms with Crippen molar-refractivity contribution in [3.8, 4) is 22.8 Å². The Morgan fingerprint density at radius 3 is 2.42 bits per heavy atom. The van der Waals surface area contributed by atoms with Crippen LogP contribution in [0.5, 0.6) is 11.5 Å². The molecule has 0 unspecified atom stereocenters. The number of ether oxygens (including phenoxy) is 2. The molecule has 0 spiro atoms. The van der Waals surface area contributed by atoms with Crippen molar-refractivity contribution in [3.05, 3.63) is 59.5 Å². The van der Waals surface area contributed by atoms with Gasteiger partial charge in [0, 0.05) is 16.5 Å². The molecule has 0 aliphatic heterocycles. The molecule has 1 aromatic heterocycles. The highest BCUT2D eigenvalue weighted by atomic mass is 32.1. The fraction of sp³-hybridized carbons (Fsp3) is 0.200. The fourth-order valence-corrected chi connectivity index (χ4v) is 3.03. The summed E-state index contributed by atoms with van der Waals surface area (Å²) in [5.41, 5.74) is 2.35. The van der Waals surface area contributed by atoms with E-state index in [1.54, 1.807) is 31.4 Å². The van der Waals surface area contributed by atoms with Gasteiger partial charge in [0.1, 0.15) is 11.5 Å². The Morgan fingerprint density at radius 1 is 1.08 bits per heavy atom. The first kappa shape index (κ1) is 17.9. The summed E-state index contributed by atoms with van der Waals surface area (Å²) in [5.74, 6) is 1.37. The van der Waals surface area contributed by atoms with Crippen LogP contribution in [0.1, 0.15) is 23.7 Å². The highest BCUT2D eigenvalue weighted by molar-refractivity contribution is 7.14. The fourth-order valence-electron chi connectivity index (χ4n) is 2.32. The highest BCUT2D eigenvalue weighted by Gasteiger charge is 2.10. The number of thiazole rings is 1. The predicted octanol–water partition coefficient (Wildman–Crippen LogP) is 4.86. The highest BCUT2D eigenvalue weighted by Crippen LogP contribution is 2.26. The topological polar surface area (TPSA) is 60.5 Å². The first-order chi connectivity index (χ1) is 12.7. The van der Waals surface area contributed by atoms with Crippen molar-refractivity contribution in [1.29, 1.82) is 0 Å². The van der Waals surface area contributed by atoms with E-state index in [0.717, 1.165) is 29.2 Å². The van der Waals surface area contributed by atoms with Crippen molar-refractivity contribution < 1.29 is 14.3 Å². The summed E-state index contributed by atoms with van der Waals surface area (Å²) in [4.78, 5) is 16.8. The van der Waals surface area contributed by atoms with E-state index >= 15 is 0 Å². The molecular formula is C20H20N2O3S. The molecule has 0 bridgehead atoms. The zero-order valence-corrected chi connectivity index (χ0v) is 15.5. The van der Waals surface area contributed by atoms with Gasteiger partial charge in [-0.2, -0.15) is 0 Å². The zero-order valence-electron chi connectivity index (χ0n) is 14.7. The first-order valence-corrected chi connectivity index (χ1v) is 9.21. The summed E-state index contributed by atoms with van der Waals surface area (Å²) in [6.07, 6.45) is 0.947. The Kier molecular flexibility index (Phi) is 5.86. The molecule has 1 amide bonds. The summed E-state index contributed by atoms with van der Waals surface area (Å²) >= 11 is 1.39. The van der Waals surface area contributed by atoms with Crippen molar-refractivity contribution in [2.75, 3.05) is 19.0 Å². The number of nitrogens with one attached hydrogen (secondary N) is 1. The molecule has 3 aromatic rings. The van der Waals surface area contributed by atoms with Gasteiger partial charge in [0.25, 0.3) is 5.91 Å². The molecule has 0 radical (unpaired) electrons. The van der Waals surface area contributed by atoms with Gasteiger partial charge in [-0.25, -0.2) is 4.98 Å². The molecule has 6 heteroatoms. The lowest BCUT2D eigenvalue weighted by Crippen LogP contribution is -2.11. The van der Waals surface area contributed by atoms with Crippen LogP contribution in [0, 0.1) is 0 Å². The minimum absolute atomic E-state index is 0.192. The standard InChI is InChI=1S/C20H20N2O3S/c1-3-12-25-17-10-6-15(7-11-17)19(23)22-20-21-18(13-26-20)14-4-8-16(24-2)9-5-14/h4-11,13H,3,12H2,1-2H3,(H,21,22,23). The Balaban J connectivity index is 1.65. The van der Waals surface area contributed by atoms with Gasteiger partial charge in [0.05, 0.1) is 19.4 Å². The molecule has 0 fully saturated rings. The minimum atomic E-state index is -0.192. The van der Waals surface area contributed by atoms with E-state index in [9.17, 15) is 4.79 Å². The van der Waals surface area contributed by atoms with Crippen LogP contribution in [0.2, 0.25) is 0 Å². The Morgan fingerprint density at radius 2 is 1.77 bits per heavy atom. The van der Waals surface area contributed by atoms with Crippen molar-refractivity contribution in [1.82, 2.24) is 4.98 Å². The maximum Gasteiger partial charge on any atom is 0.257 e. The normalized spacial score (nSPS) is 10.4. The molecule has 134 valence electrons. The van der Waals surface area contributed by atoms with E-state index in [0.29, 0.717) is 17.3 Å².